The number of pyridine rings is 1. The SMILES string of the molecule is CNC(=O)c1ccc(N2CCN(C(=O)OC(C)(C)C)CC2)c(C2CC2)n1. The van der Waals surface area contributed by atoms with Crippen molar-refractivity contribution in [3.63, 3.8) is 0 Å². The van der Waals surface area contributed by atoms with Gasteiger partial charge in [-0.05, 0) is 45.7 Å². The Labute approximate surface area is 154 Å². The molecule has 1 aromatic rings. The number of nitrogens with zero attached hydrogens (tertiary/aromatic N) is 3. The van der Waals surface area contributed by atoms with Crippen LogP contribution in [0.15, 0.2) is 12.1 Å². The summed E-state index contributed by atoms with van der Waals surface area (Å²) in [6, 6.07) is 3.77. The zero-order valence-electron chi connectivity index (χ0n) is 16.0. The summed E-state index contributed by atoms with van der Waals surface area (Å²) in [7, 11) is 1.62. The molecule has 1 saturated carbocycles. The molecule has 0 atom stereocenters. The smallest absolute Gasteiger partial charge is 0.410 e. The summed E-state index contributed by atoms with van der Waals surface area (Å²) in [4.78, 5) is 32.7. The maximum atomic E-state index is 12.2. The zero-order valence-corrected chi connectivity index (χ0v) is 16.0. The van der Waals surface area contributed by atoms with E-state index in [-0.39, 0.29) is 12.0 Å². The molecule has 1 N–H and O–H groups in total. The fourth-order valence-corrected chi connectivity index (χ4v) is 3.10. The Balaban J connectivity index is 1.69. The van der Waals surface area contributed by atoms with Crippen LogP contribution in [0.5, 0.6) is 0 Å². The van der Waals surface area contributed by atoms with Gasteiger partial charge >= 0.3 is 6.09 Å². The molecule has 142 valence electrons. The lowest BCUT2D eigenvalue weighted by molar-refractivity contribution is 0.0240. The minimum absolute atomic E-state index is 0.159. The second-order valence-electron chi connectivity index (χ2n) is 7.91. The Hall–Kier alpha value is -2.31. The summed E-state index contributed by atoms with van der Waals surface area (Å²) < 4.78 is 5.46. The minimum atomic E-state index is -0.479. The van der Waals surface area contributed by atoms with E-state index >= 15 is 0 Å². The molecule has 1 aliphatic heterocycles. The third kappa shape index (κ3) is 4.26. The van der Waals surface area contributed by atoms with Gasteiger partial charge in [0.25, 0.3) is 5.91 Å². The molecule has 7 heteroatoms. The van der Waals surface area contributed by atoms with Crippen LogP contribution in [0, 0.1) is 0 Å². The second kappa shape index (κ2) is 7.13. The van der Waals surface area contributed by atoms with Crippen LogP contribution in [-0.4, -0.2) is 60.7 Å². The number of nitrogens with one attached hydrogen (secondary N) is 1. The number of anilines is 1. The van der Waals surface area contributed by atoms with Gasteiger partial charge in [-0.2, -0.15) is 0 Å². The Kier molecular flexibility index (Phi) is 5.07. The quantitative estimate of drug-likeness (QED) is 0.896. The highest BCUT2D eigenvalue weighted by Gasteiger charge is 2.32. The van der Waals surface area contributed by atoms with Gasteiger partial charge in [0.05, 0.1) is 11.4 Å². The summed E-state index contributed by atoms with van der Waals surface area (Å²) in [6.45, 7) is 8.35. The van der Waals surface area contributed by atoms with Crippen molar-refractivity contribution >= 4 is 17.7 Å². The first-order valence-electron chi connectivity index (χ1n) is 9.24. The van der Waals surface area contributed by atoms with Gasteiger partial charge in [-0.1, -0.05) is 0 Å². The molecule has 1 aromatic heterocycles. The number of hydrogen-bond donors (Lipinski definition) is 1. The molecule has 1 saturated heterocycles. The molecule has 0 aromatic carbocycles. The first kappa shape index (κ1) is 18.5. The fraction of sp³-hybridized carbons (Fsp3) is 0.632. The lowest BCUT2D eigenvalue weighted by atomic mass is 10.1. The maximum absolute atomic E-state index is 12.2. The molecule has 7 nitrogen and oxygen atoms in total. The van der Waals surface area contributed by atoms with Crippen molar-refractivity contribution in [1.82, 2.24) is 15.2 Å². The number of piperazine rings is 1. The average Bonchev–Trinajstić information content (AvgIpc) is 3.44. The van der Waals surface area contributed by atoms with E-state index in [1.54, 1.807) is 18.0 Å². The standard InChI is InChI=1S/C19H28N4O3/c1-19(2,3)26-18(25)23-11-9-22(10-12-23)15-8-7-14(17(24)20-4)21-16(15)13-5-6-13/h7-8,13H,5-6,9-12H2,1-4H3,(H,20,24). The molecule has 0 spiro atoms. The van der Waals surface area contributed by atoms with Crippen molar-refractivity contribution in [2.24, 2.45) is 0 Å². The van der Waals surface area contributed by atoms with Crippen LogP contribution in [0.25, 0.3) is 0 Å². The molecule has 3 rings (SSSR count). The summed E-state index contributed by atoms with van der Waals surface area (Å²) in [6.07, 6.45) is 1.98. The zero-order chi connectivity index (χ0) is 18.9. The van der Waals surface area contributed by atoms with E-state index in [0.717, 1.165) is 37.3 Å². The molecule has 2 fully saturated rings. The van der Waals surface area contributed by atoms with Gasteiger partial charge in [0.2, 0.25) is 0 Å². The van der Waals surface area contributed by atoms with Gasteiger partial charge in [0.1, 0.15) is 11.3 Å². The van der Waals surface area contributed by atoms with Gasteiger partial charge < -0.3 is 19.9 Å². The van der Waals surface area contributed by atoms with Crippen molar-refractivity contribution in [2.45, 2.75) is 45.1 Å². The van der Waals surface area contributed by atoms with Crippen molar-refractivity contribution in [1.29, 1.82) is 0 Å². The molecule has 0 radical (unpaired) electrons. The van der Waals surface area contributed by atoms with Crippen LogP contribution < -0.4 is 10.2 Å². The van der Waals surface area contributed by atoms with E-state index in [0.29, 0.717) is 24.7 Å². The number of aromatic nitrogens is 1. The Morgan fingerprint density at radius 3 is 2.35 bits per heavy atom. The monoisotopic (exact) mass is 360 g/mol. The Morgan fingerprint density at radius 2 is 1.81 bits per heavy atom. The molecule has 2 aliphatic rings. The van der Waals surface area contributed by atoms with Gasteiger partial charge in [0, 0.05) is 39.1 Å². The second-order valence-corrected chi connectivity index (χ2v) is 7.91. The number of rotatable bonds is 3. The van der Waals surface area contributed by atoms with Crippen molar-refractivity contribution in [3.8, 4) is 0 Å². The summed E-state index contributed by atoms with van der Waals surface area (Å²) in [5, 5.41) is 2.63. The van der Waals surface area contributed by atoms with E-state index in [1.165, 1.54) is 0 Å². The third-order valence-corrected chi connectivity index (χ3v) is 4.60. The Bertz CT molecular complexity index is 687. The van der Waals surface area contributed by atoms with Crippen LogP contribution >= 0.6 is 0 Å². The average molecular weight is 360 g/mol. The highest BCUT2D eigenvalue weighted by Crippen LogP contribution is 2.43. The fourth-order valence-electron chi connectivity index (χ4n) is 3.10. The molecule has 0 unspecified atom stereocenters. The van der Waals surface area contributed by atoms with Crippen LogP contribution in [0.3, 0.4) is 0 Å². The molecular weight excluding hydrogens is 332 g/mol. The Morgan fingerprint density at radius 1 is 1.15 bits per heavy atom. The number of amides is 2. The van der Waals surface area contributed by atoms with Crippen LogP contribution in [0.1, 0.15) is 55.7 Å². The van der Waals surface area contributed by atoms with E-state index in [1.807, 2.05) is 26.8 Å². The highest BCUT2D eigenvalue weighted by atomic mass is 16.6. The highest BCUT2D eigenvalue weighted by molar-refractivity contribution is 5.92. The predicted octanol–water partition coefficient (Wildman–Crippen LogP) is 2.38. The largest absolute Gasteiger partial charge is 0.444 e. The van der Waals surface area contributed by atoms with Crippen molar-refractivity contribution < 1.29 is 14.3 Å². The van der Waals surface area contributed by atoms with Gasteiger partial charge in [-0.15, -0.1) is 0 Å². The van der Waals surface area contributed by atoms with Gasteiger partial charge in [-0.25, -0.2) is 9.78 Å². The summed E-state index contributed by atoms with van der Waals surface area (Å²) in [5.41, 5.74) is 2.08. The van der Waals surface area contributed by atoms with E-state index in [4.69, 9.17) is 4.74 Å². The number of hydrogen-bond acceptors (Lipinski definition) is 5. The number of ether oxygens (including phenoxy) is 1. The molecule has 1 aliphatic carbocycles. The lowest BCUT2D eigenvalue weighted by Crippen LogP contribution is -2.50. The van der Waals surface area contributed by atoms with Crippen LogP contribution in [0.2, 0.25) is 0 Å². The number of carbonyl (C=O) groups is 2. The lowest BCUT2D eigenvalue weighted by Gasteiger charge is -2.37. The molecule has 0 bridgehead atoms. The first-order valence-corrected chi connectivity index (χ1v) is 9.24. The summed E-state index contributed by atoms with van der Waals surface area (Å²) in [5.74, 6) is 0.284. The first-order chi connectivity index (χ1) is 12.3. The third-order valence-electron chi connectivity index (χ3n) is 4.60. The summed E-state index contributed by atoms with van der Waals surface area (Å²) >= 11 is 0. The van der Waals surface area contributed by atoms with E-state index < -0.39 is 5.60 Å². The maximum Gasteiger partial charge on any atom is 0.410 e. The van der Waals surface area contributed by atoms with Gasteiger partial charge in [0.15, 0.2) is 0 Å². The molecule has 26 heavy (non-hydrogen) atoms. The number of carbonyl (C=O) groups excluding carboxylic acids is 2. The van der Waals surface area contributed by atoms with E-state index in [9.17, 15) is 9.59 Å². The van der Waals surface area contributed by atoms with Gasteiger partial charge in [-0.3, -0.25) is 4.79 Å². The topological polar surface area (TPSA) is 74.8 Å². The van der Waals surface area contributed by atoms with Crippen LogP contribution in [-0.2, 0) is 4.74 Å². The predicted molar refractivity (Wildman–Crippen MR) is 99.6 cm³/mol. The normalized spacial score (nSPS) is 17.8. The van der Waals surface area contributed by atoms with Crippen molar-refractivity contribution in [2.75, 3.05) is 38.1 Å². The van der Waals surface area contributed by atoms with Crippen molar-refractivity contribution in [3.05, 3.63) is 23.5 Å². The minimum Gasteiger partial charge on any atom is -0.444 e. The molecule has 2 amide bonds. The van der Waals surface area contributed by atoms with Crippen LogP contribution in [0.4, 0.5) is 10.5 Å². The molecule has 2 heterocycles. The van der Waals surface area contributed by atoms with E-state index in [2.05, 4.69) is 15.2 Å². The molecular formula is C19H28N4O3.